The van der Waals surface area contributed by atoms with Crippen molar-refractivity contribution in [2.75, 3.05) is 7.11 Å². The molecule has 0 N–H and O–H groups in total. The number of nitro groups is 1. The number of rotatable bonds is 3. The van der Waals surface area contributed by atoms with E-state index >= 15 is 0 Å². The summed E-state index contributed by atoms with van der Waals surface area (Å²) in [5, 5.41) is 10.8. The predicted molar refractivity (Wildman–Crippen MR) is 53.3 cm³/mol. The first kappa shape index (κ1) is 10.7. The van der Waals surface area contributed by atoms with Crippen LogP contribution in [0, 0.1) is 24.0 Å². The van der Waals surface area contributed by atoms with Gasteiger partial charge >= 0.3 is 0 Å². The molecule has 0 atom stereocenters. The van der Waals surface area contributed by atoms with Gasteiger partial charge in [0.05, 0.1) is 11.5 Å². The molecule has 76 valence electrons. The first-order chi connectivity index (χ1) is 6.57. The lowest BCUT2D eigenvalue weighted by Crippen LogP contribution is -2.00. The van der Waals surface area contributed by atoms with Crippen LogP contribution < -0.4 is 0 Å². The van der Waals surface area contributed by atoms with E-state index in [1.165, 1.54) is 0 Å². The molecular formula is C10H13NO3. The highest BCUT2D eigenvalue weighted by Gasteiger charge is 2.16. The van der Waals surface area contributed by atoms with E-state index in [2.05, 4.69) is 0 Å². The summed E-state index contributed by atoms with van der Waals surface area (Å²) in [5.41, 5.74) is 2.44. The molecule has 0 unspecified atom stereocenters. The Morgan fingerprint density at radius 2 is 2.07 bits per heavy atom. The van der Waals surface area contributed by atoms with Crippen molar-refractivity contribution >= 4 is 5.69 Å². The number of hydrogen-bond acceptors (Lipinski definition) is 3. The average Bonchev–Trinajstić information content (AvgIpc) is 2.10. The molecule has 0 amide bonds. The molecule has 0 bridgehead atoms. The van der Waals surface area contributed by atoms with Crippen LogP contribution in [0.1, 0.15) is 16.7 Å². The molecule has 0 radical (unpaired) electrons. The molecule has 0 fully saturated rings. The van der Waals surface area contributed by atoms with Crippen molar-refractivity contribution < 1.29 is 9.66 Å². The quantitative estimate of drug-likeness (QED) is 0.549. The van der Waals surface area contributed by atoms with Gasteiger partial charge in [0.2, 0.25) is 0 Å². The Hall–Kier alpha value is -1.42. The van der Waals surface area contributed by atoms with Gasteiger partial charge in [0, 0.05) is 18.2 Å². The summed E-state index contributed by atoms with van der Waals surface area (Å²) in [7, 11) is 1.57. The second kappa shape index (κ2) is 4.19. The van der Waals surface area contributed by atoms with Crippen molar-refractivity contribution in [3.05, 3.63) is 38.9 Å². The minimum Gasteiger partial charge on any atom is -0.380 e. The third-order valence-corrected chi connectivity index (χ3v) is 2.23. The van der Waals surface area contributed by atoms with Crippen molar-refractivity contribution in [3.63, 3.8) is 0 Å². The average molecular weight is 195 g/mol. The van der Waals surface area contributed by atoms with E-state index in [9.17, 15) is 10.1 Å². The molecule has 0 spiro atoms. The highest BCUT2D eigenvalue weighted by Crippen LogP contribution is 2.25. The first-order valence-electron chi connectivity index (χ1n) is 4.30. The molecule has 0 saturated carbocycles. The highest BCUT2D eigenvalue weighted by atomic mass is 16.6. The molecule has 14 heavy (non-hydrogen) atoms. The topological polar surface area (TPSA) is 52.4 Å². The Labute approximate surface area is 82.7 Å². The van der Waals surface area contributed by atoms with Crippen LogP contribution >= 0.6 is 0 Å². The van der Waals surface area contributed by atoms with Crippen LogP contribution in [0.15, 0.2) is 12.1 Å². The molecule has 0 aliphatic rings. The van der Waals surface area contributed by atoms with E-state index in [1.54, 1.807) is 27.0 Å². The summed E-state index contributed by atoms with van der Waals surface area (Å²) < 4.78 is 4.96. The van der Waals surface area contributed by atoms with E-state index in [-0.39, 0.29) is 10.6 Å². The van der Waals surface area contributed by atoms with Crippen LogP contribution in [0.5, 0.6) is 0 Å². The Kier molecular flexibility index (Phi) is 3.19. The summed E-state index contributed by atoms with van der Waals surface area (Å²) >= 11 is 0. The van der Waals surface area contributed by atoms with E-state index in [0.717, 1.165) is 5.56 Å². The minimum atomic E-state index is -0.343. The van der Waals surface area contributed by atoms with Crippen LogP contribution in [-0.4, -0.2) is 12.0 Å². The monoisotopic (exact) mass is 195 g/mol. The molecular weight excluding hydrogens is 182 g/mol. The molecule has 1 aromatic rings. The number of aryl methyl sites for hydroxylation is 1. The van der Waals surface area contributed by atoms with E-state index in [1.807, 2.05) is 6.07 Å². The number of methoxy groups -OCH3 is 1. The van der Waals surface area contributed by atoms with Gasteiger partial charge in [-0.2, -0.15) is 0 Å². The molecule has 0 heterocycles. The van der Waals surface area contributed by atoms with Gasteiger partial charge in [-0.05, 0) is 19.4 Å². The standard InChI is InChI=1S/C10H13NO3/c1-7-4-5-9(6-14-3)8(2)10(7)11(12)13/h4-5H,6H2,1-3H3. The van der Waals surface area contributed by atoms with Gasteiger partial charge in [0.1, 0.15) is 0 Å². The van der Waals surface area contributed by atoms with Crippen molar-refractivity contribution in [2.45, 2.75) is 20.5 Å². The predicted octanol–water partition coefficient (Wildman–Crippen LogP) is 2.36. The fourth-order valence-corrected chi connectivity index (χ4v) is 1.47. The fraction of sp³-hybridized carbons (Fsp3) is 0.400. The Bertz CT molecular complexity index is 361. The molecule has 0 aromatic heterocycles. The number of nitrogens with zero attached hydrogens (tertiary/aromatic N) is 1. The second-order valence-electron chi connectivity index (χ2n) is 3.21. The molecule has 4 nitrogen and oxygen atoms in total. The van der Waals surface area contributed by atoms with Gasteiger partial charge < -0.3 is 4.74 Å². The van der Waals surface area contributed by atoms with Gasteiger partial charge in [0.25, 0.3) is 5.69 Å². The molecule has 0 aliphatic carbocycles. The zero-order chi connectivity index (χ0) is 10.7. The number of benzene rings is 1. The summed E-state index contributed by atoms with van der Waals surface area (Å²) in [5.74, 6) is 0. The van der Waals surface area contributed by atoms with Crippen molar-refractivity contribution in [1.82, 2.24) is 0 Å². The molecule has 1 rings (SSSR count). The largest absolute Gasteiger partial charge is 0.380 e. The van der Waals surface area contributed by atoms with Gasteiger partial charge in [-0.3, -0.25) is 10.1 Å². The Morgan fingerprint density at radius 3 is 2.57 bits per heavy atom. The van der Waals surface area contributed by atoms with Gasteiger partial charge in [-0.1, -0.05) is 12.1 Å². The summed E-state index contributed by atoms with van der Waals surface area (Å²) in [6.07, 6.45) is 0. The van der Waals surface area contributed by atoms with Crippen LogP contribution in [0.2, 0.25) is 0 Å². The van der Waals surface area contributed by atoms with Crippen molar-refractivity contribution in [2.24, 2.45) is 0 Å². The molecule has 0 aliphatic heterocycles. The number of nitro benzene ring substituents is 1. The van der Waals surface area contributed by atoms with E-state index < -0.39 is 0 Å². The Morgan fingerprint density at radius 1 is 1.43 bits per heavy atom. The van der Waals surface area contributed by atoms with Gasteiger partial charge in [-0.15, -0.1) is 0 Å². The van der Waals surface area contributed by atoms with Crippen LogP contribution in [0.4, 0.5) is 5.69 Å². The summed E-state index contributed by atoms with van der Waals surface area (Å²) in [6.45, 7) is 3.90. The first-order valence-corrected chi connectivity index (χ1v) is 4.30. The van der Waals surface area contributed by atoms with Crippen molar-refractivity contribution in [3.8, 4) is 0 Å². The smallest absolute Gasteiger partial charge is 0.275 e. The SMILES string of the molecule is COCc1ccc(C)c([N+](=O)[O-])c1C. The van der Waals surface area contributed by atoms with Crippen molar-refractivity contribution in [1.29, 1.82) is 0 Å². The highest BCUT2D eigenvalue weighted by molar-refractivity contribution is 5.50. The zero-order valence-corrected chi connectivity index (χ0v) is 8.53. The maximum atomic E-state index is 10.8. The molecule has 0 saturated heterocycles. The number of ether oxygens (including phenoxy) is 1. The molecule has 1 aromatic carbocycles. The van der Waals surface area contributed by atoms with E-state index in [0.29, 0.717) is 17.7 Å². The number of hydrogen-bond donors (Lipinski definition) is 0. The van der Waals surface area contributed by atoms with Crippen LogP contribution in [0.25, 0.3) is 0 Å². The van der Waals surface area contributed by atoms with E-state index in [4.69, 9.17) is 4.74 Å². The third kappa shape index (κ3) is 1.90. The molecule has 4 heteroatoms. The minimum absolute atomic E-state index is 0.194. The fourth-order valence-electron chi connectivity index (χ4n) is 1.47. The normalized spacial score (nSPS) is 10.2. The lowest BCUT2D eigenvalue weighted by atomic mass is 10.0. The lowest BCUT2D eigenvalue weighted by Gasteiger charge is -2.06. The van der Waals surface area contributed by atoms with Crippen LogP contribution in [-0.2, 0) is 11.3 Å². The maximum absolute atomic E-state index is 10.8. The maximum Gasteiger partial charge on any atom is 0.275 e. The van der Waals surface area contributed by atoms with Gasteiger partial charge in [0.15, 0.2) is 0 Å². The van der Waals surface area contributed by atoms with Gasteiger partial charge in [-0.25, -0.2) is 0 Å². The van der Waals surface area contributed by atoms with Crippen LogP contribution in [0.3, 0.4) is 0 Å². The zero-order valence-electron chi connectivity index (χ0n) is 8.53. The summed E-state index contributed by atoms with van der Waals surface area (Å²) in [6, 6.07) is 3.61. The third-order valence-electron chi connectivity index (χ3n) is 2.23. The second-order valence-corrected chi connectivity index (χ2v) is 3.21. The summed E-state index contributed by atoms with van der Waals surface area (Å²) in [4.78, 5) is 10.4. The Balaban J connectivity index is 3.26. The lowest BCUT2D eigenvalue weighted by molar-refractivity contribution is -0.386.